The van der Waals surface area contributed by atoms with E-state index in [-0.39, 0.29) is 11.2 Å². The number of aryl methyl sites for hydroxylation is 1. The van der Waals surface area contributed by atoms with E-state index < -0.39 is 4.92 Å². The van der Waals surface area contributed by atoms with Crippen molar-refractivity contribution in [2.45, 2.75) is 19.9 Å². The van der Waals surface area contributed by atoms with Crippen molar-refractivity contribution in [1.82, 2.24) is 9.55 Å². The summed E-state index contributed by atoms with van der Waals surface area (Å²) in [6, 6.07) is 14.1. The van der Waals surface area contributed by atoms with Gasteiger partial charge in [-0.15, -0.1) is 11.3 Å². The summed E-state index contributed by atoms with van der Waals surface area (Å²) in [5.41, 5.74) is 2.65. The molecular weight excluding hydrogens is 454 g/mol. The van der Waals surface area contributed by atoms with Gasteiger partial charge in [0.2, 0.25) is 0 Å². The molecule has 0 aliphatic heterocycles. The standard InChI is InChI=1S/C21H16BrN3O3S/c1-2-17-18(14-5-7-15(22)8-6-14)19-20(29-17)23-12-24(21(19)26)11-13-3-9-16(10-4-13)25(27)28/h3-10,12H,2,11H2,1H3. The lowest BCUT2D eigenvalue weighted by molar-refractivity contribution is -0.384. The highest BCUT2D eigenvalue weighted by Gasteiger charge is 2.18. The second-order valence-electron chi connectivity index (χ2n) is 6.54. The van der Waals surface area contributed by atoms with Gasteiger partial charge in [-0.25, -0.2) is 4.98 Å². The van der Waals surface area contributed by atoms with Crippen LogP contribution >= 0.6 is 27.3 Å². The Labute approximate surface area is 178 Å². The zero-order valence-corrected chi connectivity index (χ0v) is 17.9. The number of aromatic nitrogens is 2. The molecule has 0 aliphatic carbocycles. The zero-order chi connectivity index (χ0) is 20.5. The van der Waals surface area contributed by atoms with Gasteiger partial charge < -0.3 is 0 Å². The van der Waals surface area contributed by atoms with Gasteiger partial charge in [-0.05, 0) is 29.7 Å². The number of benzene rings is 2. The fraction of sp³-hybridized carbons (Fsp3) is 0.143. The minimum Gasteiger partial charge on any atom is -0.294 e. The maximum Gasteiger partial charge on any atom is 0.269 e. The SMILES string of the molecule is CCc1sc2ncn(Cc3ccc([N+](=O)[O-])cc3)c(=O)c2c1-c1ccc(Br)cc1. The smallest absolute Gasteiger partial charge is 0.269 e. The van der Waals surface area contributed by atoms with Crippen molar-refractivity contribution in [3.63, 3.8) is 0 Å². The molecule has 4 aromatic rings. The molecular formula is C21H16BrN3O3S. The summed E-state index contributed by atoms with van der Waals surface area (Å²) in [7, 11) is 0. The molecule has 4 rings (SSSR count). The van der Waals surface area contributed by atoms with Crippen LogP contribution in [0.25, 0.3) is 21.3 Å². The van der Waals surface area contributed by atoms with Crippen molar-refractivity contribution in [2.75, 3.05) is 0 Å². The molecule has 0 N–H and O–H groups in total. The molecule has 8 heteroatoms. The number of hydrogen-bond donors (Lipinski definition) is 0. The van der Waals surface area contributed by atoms with Gasteiger partial charge in [0, 0.05) is 27.0 Å². The number of fused-ring (bicyclic) bond motifs is 1. The first-order chi connectivity index (χ1) is 14.0. The number of nitrogens with zero attached hydrogens (tertiary/aromatic N) is 3. The molecule has 0 amide bonds. The van der Waals surface area contributed by atoms with E-state index in [1.165, 1.54) is 12.1 Å². The Hall–Kier alpha value is -2.84. The Morgan fingerprint density at radius 1 is 1.14 bits per heavy atom. The summed E-state index contributed by atoms with van der Waals surface area (Å²) >= 11 is 5.00. The quantitative estimate of drug-likeness (QED) is 0.289. The van der Waals surface area contributed by atoms with E-state index in [0.717, 1.165) is 37.3 Å². The summed E-state index contributed by atoms with van der Waals surface area (Å²) in [6.45, 7) is 2.37. The minimum atomic E-state index is -0.439. The van der Waals surface area contributed by atoms with Gasteiger partial charge in [-0.2, -0.15) is 0 Å². The molecule has 0 spiro atoms. The molecule has 0 radical (unpaired) electrons. The van der Waals surface area contributed by atoms with Crippen molar-refractivity contribution in [2.24, 2.45) is 0 Å². The Morgan fingerprint density at radius 2 is 1.83 bits per heavy atom. The first kappa shape index (κ1) is 19.5. The predicted molar refractivity (Wildman–Crippen MR) is 119 cm³/mol. The molecule has 0 fully saturated rings. The van der Waals surface area contributed by atoms with Crippen LogP contribution in [0.5, 0.6) is 0 Å². The fourth-order valence-corrected chi connectivity index (χ4v) is 4.63. The van der Waals surface area contributed by atoms with Crippen LogP contribution < -0.4 is 5.56 Å². The first-order valence-electron chi connectivity index (χ1n) is 8.98. The van der Waals surface area contributed by atoms with E-state index in [4.69, 9.17) is 0 Å². The highest BCUT2D eigenvalue weighted by atomic mass is 79.9. The predicted octanol–water partition coefficient (Wildman–Crippen LogP) is 5.41. The van der Waals surface area contributed by atoms with E-state index in [2.05, 4.69) is 27.8 Å². The van der Waals surface area contributed by atoms with Crippen LogP contribution in [0.4, 0.5) is 5.69 Å². The summed E-state index contributed by atoms with van der Waals surface area (Å²) in [6.07, 6.45) is 2.36. The molecule has 6 nitrogen and oxygen atoms in total. The van der Waals surface area contributed by atoms with Gasteiger partial charge >= 0.3 is 0 Å². The third-order valence-corrected chi connectivity index (χ3v) is 6.48. The Kier molecular flexibility index (Phi) is 5.29. The number of nitro benzene ring substituents is 1. The van der Waals surface area contributed by atoms with Crippen LogP contribution in [0.15, 0.2) is 64.1 Å². The van der Waals surface area contributed by atoms with Gasteiger partial charge in [0.25, 0.3) is 11.2 Å². The summed E-state index contributed by atoms with van der Waals surface area (Å²) < 4.78 is 2.53. The maximum absolute atomic E-state index is 13.3. The van der Waals surface area contributed by atoms with Gasteiger partial charge in [-0.3, -0.25) is 19.5 Å². The van der Waals surface area contributed by atoms with Crippen LogP contribution in [0, 0.1) is 10.1 Å². The third-order valence-electron chi connectivity index (χ3n) is 4.71. The lowest BCUT2D eigenvalue weighted by Crippen LogP contribution is -2.21. The maximum atomic E-state index is 13.3. The Bertz CT molecular complexity index is 1260. The monoisotopic (exact) mass is 469 g/mol. The number of non-ortho nitro benzene ring substituents is 1. The van der Waals surface area contributed by atoms with Crippen LogP contribution in [0.2, 0.25) is 0 Å². The number of rotatable bonds is 5. The van der Waals surface area contributed by atoms with E-state index >= 15 is 0 Å². The number of halogens is 1. The highest BCUT2D eigenvalue weighted by Crippen LogP contribution is 2.36. The summed E-state index contributed by atoms with van der Waals surface area (Å²) in [4.78, 5) is 30.1. The van der Waals surface area contributed by atoms with Gasteiger partial charge in [0.1, 0.15) is 4.83 Å². The topological polar surface area (TPSA) is 78.0 Å². The van der Waals surface area contributed by atoms with Gasteiger partial charge in [0.15, 0.2) is 0 Å². The second kappa shape index (κ2) is 7.88. The average molecular weight is 470 g/mol. The number of nitro groups is 1. The van der Waals surface area contributed by atoms with Crippen LogP contribution in [-0.4, -0.2) is 14.5 Å². The second-order valence-corrected chi connectivity index (χ2v) is 8.54. The lowest BCUT2D eigenvalue weighted by Gasteiger charge is -2.07. The third kappa shape index (κ3) is 3.73. The lowest BCUT2D eigenvalue weighted by atomic mass is 10.0. The van der Waals surface area contributed by atoms with Crippen molar-refractivity contribution in [1.29, 1.82) is 0 Å². The molecule has 0 atom stereocenters. The fourth-order valence-electron chi connectivity index (χ4n) is 3.28. The molecule has 29 heavy (non-hydrogen) atoms. The number of thiophene rings is 1. The molecule has 0 aliphatic rings. The van der Waals surface area contributed by atoms with Crippen LogP contribution in [0.1, 0.15) is 17.4 Å². The van der Waals surface area contributed by atoms with E-state index in [1.54, 1.807) is 34.4 Å². The van der Waals surface area contributed by atoms with E-state index in [1.807, 2.05) is 24.3 Å². The molecule has 0 saturated carbocycles. The average Bonchev–Trinajstić information content (AvgIpc) is 3.10. The van der Waals surface area contributed by atoms with Crippen molar-refractivity contribution < 1.29 is 4.92 Å². The normalized spacial score (nSPS) is 11.1. The Balaban J connectivity index is 1.82. The van der Waals surface area contributed by atoms with Crippen molar-refractivity contribution in [3.8, 4) is 11.1 Å². The minimum absolute atomic E-state index is 0.0256. The van der Waals surface area contributed by atoms with Crippen molar-refractivity contribution in [3.05, 3.63) is 90.2 Å². The molecule has 0 saturated heterocycles. The van der Waals surface area contributed by atoms with Crippen LogP contribution in [-0.2, 0) is 13.0 Å². The summed E-state index contributed by atoms with van der Waals surface area (Å²) in [5, 5.41) is 11.5. The summed E-state index contributed by atoms with van der Waals surface area (Å²) in [5.74, 6) is 0. The zero-order valence-electron chi connectivity index (χ0n) is 15.5. The van der Waals surface area contributed by atoms with Gasteiger partial charge in [-0.1, -0.05) is 47.1 Å². The Morgan fingerprint density at radius 3 is 2.45 bits per heavy atom. The van der Waals surface area contributed by atoms with E-state index in [9.17, 15) is 14.9 Å². The molecule has 146 valence electrons. The van der Waals surface area contributed by atoms with E-state index in [0.29, 0.717) is 11.9 Å². The molecule has 0 bridgehead atoms. The highest BCUT2D eigenvalue weighted by molar-refractivity contribution is 9.10. The molecule has 2 aromatic heterocycles. The molecule has 2 heterocycles. The largest absolute Gasteiger partial charge is 0.294 e. The van der Waals surface area contributed by atoms with Gasteiger partial charge in [0.05, 0.1) is 23.2 Å². The first-order valence-corrected chi connectivity index (χ1v) is 10.6. The molecule has 2 aromatic carbocycles. The molecule has 0 unspecified atom stereocenters. The van der Waals surface area contributed by atoms with Crippen LogP contribution in [0.3, 0.4) is 0 Å². The van der Waals surface area contributed by atoms with Crippen molar-refractivity contribution >= 4 is 43.2 Å². The number of hydrogen-bond acceptors (Lipinski definition) is 5.